The third kappa shape index (κ3) is 2.51. The first-order valence-electron chi connectivity index (χ1n) is 6.81. The van der Waals surface area contributed by atoms with E-state index < -0.39 is 0 Å². The summed E-state index contributed by atoms with van der Waals surface area (Å²) in [6, 6.07) is 14.4. The summed E-state index contributed by atoms with van der Waals surface area (Å²) in [6.07, 6.45) is 0. The Morgan fingerprint density at radius 2 is 1.95 bits per heavy atom. The number of phenols is 1. The number of nitrogens with zero attached hydrogens (tertiary/aromatic N) is 3. The van der Waals surface area contributed by atoms with Crippen LogP contribution < -0.4 is 10.5 Å². The first-order chi connectivity index (χ1) is 10.7. The molecule has 3 rings (SSSR count). The molecule has 0 saturated carbocycles. The lowest BCUT2D eigenvalue weighted by atomic mass is 10.1. The molecule has 1 aromatic heterocycles. The fourth-order valence-electron chi connectivity index (χ4n) is 2.28. The minimum atomic E-state index is 0.200. The number of ether oxygens (including phenoxy) is 1. The van der Waals surface area contributed by atoms with Crippen molar-refractivity contribution in [2.45, 2.75) is 6.54 Å². The van der Waals surface area contributed by atoms with Crippen molar-refractivity contribution in [3.8, 4) is 28.4 Å². The number of hydrogen-bond acceptors (Lipinski definition) is 5. The molecule has 0 unspecified atom stereocenters. The van der Waals surface area contributed by atoms with E-state index in [9.17, 15) is 5.11 Å². The zero-order chi connectivity index (χ0) is 15.5. The Hall–Kier alpha value is -2.86. The molecule has 0 aliphatic rings. The molecule has 0 aliphatic carbocycles. The number of aromatic nitrogens is 3. The van der Waals surface area contributed by atoms with E-state index in [2.05, 4.69) is 10.3 Å². The van der Waals surface area contributed by atoms with Gasteiger partial charge in [0.15, 0.2) is 0 Å². The number of aromatic hydroxyl groups is 1. The molecule has 0 radical (unpaired) electrons. The lowest BCUT2D eigenvalue weighted by Crippen LogP contribution is -2.02. The van der Waals surface area contributed by atoms with Gasteiger partial charge in [-0.1, -0.05) is 17.3 Å². The quantitative estimate of drug-likeness (QED) is 0.770. The molecule has 112 valence electrons. The van der Waals surface area contributed by atoms with Crippen molar-refractivity contribution in [2.24, 2.45) is 5.73 Å². The van der Waals surface area contributed by atoms with Crippen LogP contribution in [-0.2, 0) is 6.54 Å². The van der Waals surface area contributed by atoms with Gasteiger partial charge in [-0.05, 0) is 36.4 Å². The van der Waals surface area contributed by atoms with Crippen molar-refractivity contribution in [3.63, 3.8) is 0 Å². The first-order valence-corrected chi connectivity index (χ1v) is 6.81. The van der Waals surface area contributed by atoms with Crippen molar-refractivity contribution in [3.05, 3.63) is 54.2 Å². The van der Waals surface area contributed by atoms with Crippen LogP contribution in [0.15, 0.2) is 48.5 Å². The van der Waals surface area contributed by atoms with E-state index in [4.69, 9.17) is 10.5 Å². The minimum Gasteiger partial charge on any atom is -0.508 e. The lowest BCUT2D eigenvalue weighted by molar-refractivity contribution is 0.415. The highest BCUT2D eigenvalue weighted by molar-refractivity contribution is 5.66. The summed E-state index contributed by atoms with van der Waals surface area (Å²) in [7, 11) is 1.62. The second-order valence-corrected chi connectivity index (χ2v) is 4.75. The predicted molar refractivity (Wildman–Crippen MR) is 82.9 cm³/mol. The van der Waals surface area contributed by atoms with Crippen LogP contribution in [0.5, 0.6) is 11.5 Å². The molecule has 2 aromatic carbocycles. The number of rotatable bonds is 4. The lowest BCUT2D eigenvalue weighted by Gasteiger charge is -2.09. The molecule has 3 N–H and O–H groups in total. The van der Waals surface area contributed by atoms with Gasteiger partial charge >= 0.3 is 0 Å². The maximum atomic E-state index is 9.43. The smallest absolute Gasteiger partial charge is 0.119 e. The zero-order valence-corrected chi connectivity index (χ0v) is 12.1. The van der Waals surface area contributed by atoms with Gasteiger partial charge in [-0.3, -0.25) is 0 Å². The average molecular weight is 296 g/mol. The van der Waals surface area contributed by atoms with Crippen LogP contribution >= 0.6 is 0 Å². The van der Waals surface area contributed by atoms with Gasteiger partial charge in [0.1, 0.15) is 17.2 Å². The van der Waals surface area contributed by atoms with Crippen LogP contribution in [0.3, 0.4) is 0 Å². The van der Waals surface area contributed by atoms with E-state index in [1.807, 2.05) is 24.3 Å². The van der Waals surface area contributed by atoms with Crippen molar-refractivity contribution in [1.29, 1.82) is 0 Å². The van der Waals surface area contributed by atoms with Gasteiger partial charge in [0, 0.05) is 12.1 Å². The number of hydrogen-bond donors (Lipinski definition) is 2. The second-order valence-electron chi connectivity index (χ2n) is 4.75. The summed E-state index contributed by atoms with van der Waals surface area (Å²) in [6.45, 7) is 0.282. The molecular weight excluding hydrogens is 280 g/mol. The van der Waals surface area contributed by atoms with E-state index in [-0.39, 0.29) is 12.3 Å². The van der Waals surface area contributed by atoms with Gasteiger partial charge in [0.2, 0.25) is 0 Å². The number of methoxy groups -OCH3 is 1. The van der Waals surface area contributed by atoms with Gasteiger partial charge < -0.3 is 15.6 Å². The third-order valence-electron chi connectivity index (χ3n) is 3.37. The summed E-state index contributed by atoms with van der Waals surface area (Å²) >= 11 is 0. The van der Waals surface area contributed by atoms with Crippen LogP contribution in [0, 0.1) is 0 Å². The highest BCUT2D eigenvalue weighted by atomic mass is 16.5. The number of nitrogens with two attached hydrogens (primary N) is 1. The molecule has 0 atom stereocenters. The van der Waals surface area contributed by atoms with Crippen molar-refractivity contribution < 1.29 is 9.84 Å². The summed E-state index contributed by atoms with van der Waals surface area (Å²) in [5, 5.41) is 17.8. The Bertz CT molecular complexity index is 781. The van der Waals surface area contributed by atoms with E-state index >= 15 is 0 Å². The molecule has 1 heterocycles. The fourth-order valence-corrected chi connectivity index (χ4v) is 2.28. The van der Waals surface area contributed by atoms with Gasteiger partial charge in [-0.15, -0.1) is 5.10 Å². The molecule has 0 fully saturated rings. The Morgan fingerprint density at radius 3 is 2.64 bits per heavy atom. The molecule has 6 heteroatoms. The van der Waals surface area contributed by atoms with Crippen molar-refractivity contribution in [1.82, 2.24) is 15.0 Å². The highest BCUT2D eigenvalue weighted by Gasteiger charge is 2.15. The Labute approximate surface area is 127 Å². The molecule has 22 heavy (non-hydrogen) atoms. The number of phenolic OH excluding ortho intramolecular Hbond substituents is 1. The largest absolute Gasteiger partial charge is 0.508 e. The summed E-state index contributed by atoms with van der Waals surface area (Å²) in [5.74, 6) is 0.949. The van der Waals surface area contributed by atoms with Crippen LogP contribution in [-0.4, -0.2) is 27.2 Å². The fraction of sp³-hybridized carbons (Fsp3) is 0.125. The van der Waals surface area contributed by atoms with Crippen LogP contribution in [0.2, 0.25) is 0 Å². The van der Waals surface area contributed by atoms with Crippen molar-refractivity contribution in [2.75, 3.05) is 7.11 Å². The Morgan fingerprint density at radius 1 is 1.18 bits per heavy atom. The topological polar surface area (TPSA) is 86.2 Å². The maximum absolute atomic E-state index is 9.43. The third-order valence-corrected chi connectivity index (χ3v) is 3.37. The molecule has 0 spiro atoms. The summed E-state index contributed by atoms with van der Waals surface area (Å²) in [5.41, 5.74) is 9.00. The predicted octanol–water partition coefficient (Wildman–Crippen LogP) is 2.11. The Kier molecular flexibility index (Phi) is 3.76. The van der Waals surface area contributed by atoms with Crippen LogP contribution in [0.25, 0.3) is 16.9 Å². The van der Waals surface area contributed by atoms with Crippen LogP contribution in [0.4, 0.5) is 0 Å². The van der Waals surface area contributed by atoms with Gasteiger partial charge in [0.05, 0.1) is 18.5 Å². The van der Waals surface area contributed by atoms with E-state index in [1.54, 1.807) is 36.1 Å². The second kappa shape index (κ2) is 5.87. The molecular formula is C16H16N4O2. The SMILES string of the molecule is COc1cccc(-c2c(CN)nnn2-c2ccc(O)cc2)c1. The Balaban J connectivity index is 2.16. The molecule has 3 aromatic rings. The normalized spacial score (nSPS) is 10.6. The molecule has 0 saturated heterocycles. The van der Waals surface area contributed by atoms with E-state index in [0.717, 1.165) is 22.7 Å². The minimum absolute atomic E-state index is 0.200. The molecule has 0 aliphatic heterocycles. The molecule has 6 nitrogen and oxygen atoms in total. The van der Waals surface area contributed by atoms with Gasteiger partial charge in [0.25, 0.3) is 0 Å². The van der Waals surface area contributed by atoms with Crippen LogP contribution in [0.1, 0.15) is 5.69 Å². The first kappa shape index (κ1) is 14.1. The van der Waals surface area contributed by atoms with Crippen molar-refractivity contribution >= 4 is 0 Å². The monoisotopic (exact) mass is 296 g/mol. The standard InChI is InChI=1S/C16H16N4O2/c1-22-14-4-2-3-11(9-14)16-15(10-17)18-19-20(16)12-5-7-13(21)8-6-12/h2-9,21H,10,17H2,1H3. The van der Waals surface area contributed by atoms with Gasteiger partial charge in [-0.2, -0.15) is 0 Å². The average Bonchev–Trinajstić information content (AvgIpc) is 2.99. The molecule has 0 amide bonds. The van der Waals surface area contributed by atoms with E-state index in [0.29, 0.717) is 5.69 Å². The van der Waals surface area contributed by atoms with E-state index in [1.165, 1.54) is 0 Å². The van der Waals surface area contributed by atoms with Gasteiger partial charge in [-0.25, -0.2) is 4.68 Å². The summed E-state index contributed by atoms with van der Waals surface area (Å²) < 4.78 is 6.98. The molecule has 0 bridgehead atoms. The number of benzene rings is 2. The highest BCUT2D eigenvalue weighted by Crippen LogP contribution is 2.28. The summed E-state index contributed by atoms with van der Waals surface area (Å²) in [4.78, 5) is 0. The maximum Gasteiger partial charge on any atom is 0.119 e. The zero-order valence-electron chi connectivity index (χ0n) is 12.1.